The first-order valence-electron chi connectivity index (χ1n) is 7.09. The van der Waals surface area contributed by atoms with E-state index >= 15 is 0 Å². The fourth-order valence-electron chi connectivity index (χ4n) is 2.48. The number of halogens is 3. The molecule has 1 aromatic heterocycles. The fourth-order valence-corrected chi connectivity index (χ4v) is 2.88. The third kappa shape index (κ3) is 2.85. The van der Waals surface area contributed by atoms with Crippen LogP contribution in [0.25, 0.3) is 11.3 Å². The first-order chi connectivity index (χ1) is 10.9. The molecule has 1 aliphatic rings. The minimum Gasteiger partial charge on any atom is -0.478 e. The second kappa shape index (κ2) is 5.96. The predicted octanol–water partition coefficient (Wildman–Crippen LogP) is 4.20. The smallest absolute Gasteiger partial charge is 0.339 e. The van der Waals surface area contributed by atoms with Crippen LogP contribution in [-0.2, 0) is 5.33 Å². The van der Waals surface area contributed by atoms with Crippen LogP contribution in [-0.4, -0.2) is 21.0 Å². The van der Waals surface area contributed by atoms with Gasteiger partial charge in [-0.2, -0.15) is 0 Å². The van der Waals surface area contributed by atoms with Crippen molar-refractivity contribution in [2.45, 2.75) is 31.0 Å². The first kappa shape index (κ1) is 16.0. The number of rotatable bonds is 4. The summed E-state index contributed by atoms with van der Waals surface area (Å²) in [5.74, 6) is -2.39. The molecule has 7 heteroatoms. The van der Waals surface area contributed by atoms with E-state index < -0.39 is 17.6 Å². The van der Waals surface area contributed by atoms with E-state index in [1.165, 1.54) is 13.0 Å². The van der Waals surface area contributed by atoms with Crippen LogP contribution in [0.15, 0.2) is 12.1 Å². The van der Waals surface area contributed by atoms with E-state index in [9.17, 15) is 18.7 Å². The van der Waals surface area contributed by atoms with Crippen LogP contribution in [0, 0.1) is 18.6 Å². The van der Waals surface area contributed by atoms with Crippen LogP contribution in [0.5, 0.6) is 0 Å². The Morgan fingerprint density at radius 1 is 1.35 bits per heavy atom. The van der Waals surface area contributed by atoms with E-state index in [1.54, 1.807) is 0 Å². The average molecular weight is 383 g/mol. The standard InChI is InChI=1S/C16H13BrF2N2O2/c1-7-9(4-5-10(18)13(7)19)14-12(16(22)23)11(6-17)20-15(21-14)8-2-3-8/h4-5,8H,2-3,6H2,1H3,(H,22,23). The van der Waals surface area contributed by atoms with Crippen molar-refractivity contribution < 1.29 is 18.7 Å². The van der Waals surface area contributed by atoms with Crippen LogP contribution in [0.1, 0.15) is 46.2 Å². The molecule has 0 aliphatic heterocycles. The Hall–Kier alpha value is -1.89. The minimum atomic E-state index is -1.19. The monoisotopic (exact) mass is 382 g/mol. The highest BCUT2D eigenvalue weighted by molar-refractivity contribution is 9.08. The van der Waals surface area contributed by atoms with E-state index in [1.807, 2.05) is 0 Å². The van der Waals surface area contributed by atoms with Crippen molar-refractivity contribution >= 4 is 21.9 Å². The molecular formula is C16H13BrF2N2O2. The van der Waals surface area contributed by atoms with Gasteiger partial charge in [0.15, 0.2) is 11.6 Å². The Bertz CT molecular complexity index is 807. The van der Waals surface area contributed by atoms with E-state index in [-0.39, 0.29) is 33.6 Å². The number of nitrogens with zero attached hydrogens (tertiary/aromatic N) is 2. The SMILES string of the molecule is Cc1c(-c2nc(C3CC3)nc(CBr)c2C(=O)O)ccc(F)c1F. The number of hydrogen-bond acceptors (Lipinski definition) is 3. The van der Waals surface area contributed by atoms with E-state index in [2.05, 4.69) is 25.9 Å². The van der Waals surface area contributed by atoms with Gasteiger partial charge in [0.25, 0.3) is 0 Å². The molecule has 23 heavy (non-hydrogen) atoms. The van der Waals surface area contributed by atoms with Crippen molar-refractivity contribution in [2.75, 3.05) is 0 Å². The minimum absolute atomic E-state index is 0.0356. The van der Waals surface area contributed by atoms with Gasteiger partial charge in [0.2, 0.25) is 0 Å². The maximum absolute atomic E-state index is 13.9. The molecule has 0 radical (unpaired) electrons. The molecule has 1 fully saturated rings. The van der Waals surface area contributed by atoms with Gasteiger partial charge in [0.05, 0.1) is 11.4 Å². The number of carboxylic acid groups (broad SMARTS) is 1. The molecule has 0 spiro atoms. The molecule has 1 aromatic carbocycles. The summed E-state index contributed by atoms with van der Waals surface area (Å²) in [4.78, 5) is 20.4. The zero-order valence-corrected chi connectivity index (χ0v) is 13.8. The van der Waals surface area contributed by atoms with E-state index in [0.29, 0.717) is 11.5 Å². The molecular weight excluding hydrogens is 370 g/mol. The number of hydrogen-bond donors (Lipinski definition) is 1. The van der Waals surface area contributed by atoms with Gasteiger partial charge in [0.1, 0.15) is 11.4 Å². The molecule has 1 aliphatic carbocycles. The Balaban J connectivity index is 2.30. The zero-order chi connectivity index (χ0) is 16.7. The van der Waals surface area contributed by atoms with Crippen molar-refractivity contribution in [1.29, 1.82) is 0 Å². The third-order valence-corrected chi connectivity index (χ3v) is 4.41. The molecule has 0 unspecified atom stereocenters. The highest BCUT2D eigenvalue weighted by Crippen LogP contribution is 2.40. The number of alkyl halides is 1. The zero-order valence-electron chi connectivity index (χ0n) is 12.2. The van der Waals surface area contributed by atoms with Gasteiger partial charge in [0, 0.05) is 16.8 Å². The Morgan fingerprint density at radius 2 is 2.04 bits per heavy atom. The molecule has 120 valence electrons. The Labute approximate surface area is 139 Å². The molecule has 2 aromatic rings. The molecule has 1 N–H and O–H groups in total. The highest BCUT2D eigenvalue weighted by Gasteiger charge is 2.30. The molecule has 4 nitrogen and oxygen atoms in total. The van der Waals surface area contributed by atoms with Crippen molar-refractivity contribution in [3.05, 3.63) is 46.4 Å². The molecule has 1 saturated carbocycles. The lowest BCUT2D eigenvalue weighted by Gasteiger charge is -2.14. The van der Waals surface area contributed by atoms with E-state index in [0.717, 1.165) is 18.9 Å². The summed E-state index contributed by atoms with van der Waals surface area (Å²) in [6.07, 6.45) is 1.90. The van der Waals surface area contributed by atoms with Gasteiger partial charge in [-0.15, -0.1) is 0 Å². The van der Waals surface area contributed by atoms with Gasteiger partial charge >= 0.3 is 5.97 Å². The quantitative estimate of drug-likeness (QED) is 0.804. The molecule has 0 amide bonds. The normalized spacial score (nSPS) is 14.1. The van der Waals surface area contributed by atoms with Crippen molar-refractivity contribution in [3.63, 3.8) is 0 Å². The van der Waals surface area contributed by atoms with Crippen LogP contribution in [0.3, 0.4) is 0 Å². The van der Waals surface area contributed by atoms with Crippen molar-refractivity contribution in [3.8, 4) is 11.3 Å². The molecule has 0 saturated heterocycles. The highest BCUT2D eigenvalue weighted by atomic mass is 79.9. The Kier molecular flexibility index (Phi) is 4.14. The average Bonchev–Trinajstić information content (AvgIpc) is 3.36. The first-order valence-corrected chi connectivity index (χ1v) is 8.21. The third-order valence-electron chi connectivity index (χ3n) is 3.88. The molecule has 3 rings (SSSR count). The molecule has 0 bridgehead atoms. The number of aromatic nitrogens is 2. The summed E-state index contributed by atoms with van der Waals surface area (Å²) in [5.41, 5.74) is 0.704. The lowest BCUT2D eigenvalue weighted by Crippen LogP contribution is -2.12. The predicted molar refractivity (Wildman–Crippen MR) is 83.7 cm³/mol. The Morgan fingerprint density at radius 3 is 2.61 bits per heavy atom. The van der Waals surface area contributed by atoms with Crippen molar-refractivity contribution in [1.82, 2.24) is 9.97 Å². The molecule has 1 heterocycles. The summed E-state index contributed by atoms with van der Waals surface area (Å²) in [6, 6.07) is 2.34. The summed E-state index contributed by atoms with van der Waals surface area (Å²) >= 11 is 3.24. The maximum atomic E-state index is 13.9. The second-order valence-electron chi connectivity index (χ2n) is 5.50. The molecule has 0 atom stereocenters. The summed E-state index contributed by atoms with van der Waals surface area (Å²) in [6.45, 7) is 1.41. The van der Waals surface area contributed by atoms with Crippen LogP contribution < -0.4 is 0 Å². The van der Waals surface area contributed by atoms with Crippen LogP contribution >= 0.6 is 15.9 Å². The van der Waals surface area contributed by atoms with Gasteiger partial charge in [-0.3, -0.25) is 0 Å². The number of carbonyl (C=O) groups is 1. The number of carboxylic acids is 1. The largest absolute Gasteiger partial charge is 0.478 e. The summed E-state index contributed by atoms with van der Waals surface area (Å²) in [7, 11) is 0. The van der Waals surface area contributed by atoms with Gasteiger partial charge < -0.3 is 5.11 Å². The van der Waals surface area contributed by atoms with Crippen LogP contribution in [0.4, 0.5) is 8.78 Å². The lowest BCUT2D eigenvalue weighted by molar-refractivity contribution is 0.0696. The summed E-state index contributed by atoms with van der Waals surface area (Å²) < 4.78 is 27.3. The van der Waals surface area contributed by atoms with E-state index in [4.69, 9.17) is 0 Å². The van der Waals surface area contributed by atoms with Gasteiger partial charge in [-0.25, -0.2) is 23.5 Å². The van der Waals surface area contributed by atoms with Gasteiger partial charge in [-0.05, 0) is 37.5 Å². The lowest BCUT2D eigenvalue weighted by atomic mass is 9.99. The maximum Gasteiger partial charge on any atom is 0.339 e. The van der Waals surface area contributed by atoms with Crippen molar-refractivity contribution in [2.24, 2.45) is 0 Å². The fraction of sp³-hybridized carbons (Fsp3) is 0.312. The number of aromatic carboxylic acids is 1. The topological polar surface area (TPSA) is 63.1 Å². The van der Waals surface area contributed by atoms with Crippen LogP contribution in [0.2, 0.25) is 0 Å². The summed E-state index contributed by atoms with van der Waals surface area (Å²) in [5, 5.41) is 9.77. The number of benzene rings is 1. The second-order valence-corrected chi connectivity index (χ2v) is 6.06. The van der Waals surface area contributed by atoms with Gasteiger partial charge in [-0.1, -0.05) is 15.9 Å².